The molecule has 0 spiro atoms. The summed E-state index contributed by atoms with van der Waals surface area (Å²) < 4.78 is 17.1. The van der Waals surface area contributed by atoms with Gasteiger partial charge >= 0.3 is 0 Å². The maximum atomic E-state index is 12.1. The van der Waals surface area contributed by atoms with Crippen LogP contribution in [0.3, 0.4) is 0 Å². The minimum atomic E-state index is -0.978. The monoisotopic (exact) mass is 439 g/mol. The van der Waals surface area contributed by atoms with Gasteiger partial charge in [-0.1, -0.05) is 18.2 Å². The van der Waals surface area contributed by atoms with Gasteiger partial charge < -0.3 is 15.4 Å². The van der Waals surface area contributed by atoms with Crippen LogP contribution in [0.2, 0.25) is 0 Å². The quantitative estimate of drug-likeness (QED) is 0.268. The van der Waals surface area contributed by atoms with Gasteiger partial charge in [-0.05, 0) is 25.5 Å². The molecule has 0 aliphatic carbocycles. The van der Waals surface area contributed by atoms with Crippen molar-refractivity contribution in [3.63, 3.8) is 0 Å². The van der Waals surface area contributed by atoms with Crippen molar-refractivity contribution in [2.45, 2.75) is 18.2 Å². The lowest BCUT2D eigenvalue weighted by molar-refractivity contribution is 0.197. The van der Waals surface area contributed by atoms with Gasteiger partial charge in [0.25, 0.3) is 0 Å². The minimum Gasteiger partial charge on any atom is -0.385 e. The van der Waals surface area contributed by atoms with Crippen LogP contribution in [0.4, 0.5) is 0 Å². The lowest BCUT2D eigenvalue weighted by atomic mass is 10.4. The van der Waals surface area contributed by atoms with Crippen LogP contribution < -0.4 is 10.6 Å². The van der Waals surface area contributed by atoms with Crippen LogP contribution in [-0.2, 0) is 15.5 Å². The second kappa shape index (κ2) is 14.0. The van der Waals surface area contributed by atoms with Crippen molar-refractivity contribution in [3.8, 4) is 0 Å². The molecule has 0 saturated heterocycles. The van der Waals surface area contributed by atoms with Crippen LogP contribution in [-0.4, -0.2) is 49.3 Å². The topological polar surface area (TPSA) is 62.7 Å². The van der Waals surface area contributed by atoms with E-state index in [4.69, 9.17) is 4.74 Å². The molecule has 1 atom stereocenters. The van der Waals surface area contributed by atoms with Crippen LogP contribution in [0.1, 0.15) is 13.3 Å². The van der Waals surface area contributed by atoms with E-state index in [1.807, 2.05) is 37.3 Å². The van der Waals surface area contributed by atoms with Crippen molar-refractivity contribution in [3.05, 3.63) is 30.3 Å². The number of nitrogens with zero attached hydrogens (tertiary/aromatic N) is 1. The number of guanidine groups is 1. The van der Waals surface area contributed by atoms with E-state index in [0.29, 0.717) is 25.4 Å². The maximum Gasteiger partial charge on any atom is 0.191 e. The van der Waals surface area contributed by atoms with E-state index in [-0.39, 0.29) is 24.0 Å². The number of halogens is 1. The van der Waals surface area contributed by atoms with E-state index in [2.05, 4.69) is 15.6 Å². The summed E-state index contributed by atoms with van der Waals surface area (Å²) in [5.41, 5.74) is 0. The summed E-state index contributed by atoms with van der Waals surface area (Å²) in [6.07, 6.45) is 0.892. The third-order valence-electron chi connectivity index (χ3n) is 2.71. The van der Waals surface area contributed by atoms with Gasteiger partial charge in [0.1, 0.15) is 0 Å². The fraction of sp³-hybridized carbons (Fsp3) is 0.533. The first kappa shape index (κ1) is 21.3. The van der Waals surface area contributed by atoms with Crippen molar-refractivity contribution in [2.24, 2.45) is 4.99 Å². The highest BCUT2D eigenvalue weighted by Crippen LogP contribution is 2.04. The summed E-state index contributed by atoms with van der Waals surface area (Å²) in [5, 5.41) is 6.38. The third-order valence-corrected chi connectivity index (χ3v) is 4.08. The number of benzene rings is 1. The SMILES string of the molecule is CCNC(=NCCCOC)NCCS(=O)c1ccccc1.I. The first-order valence-electron chi connectivity index (χ1n) is 7.22. The van der Waals surface area contributed by atoms with Gasteiger partial charge in [-0.25, -0.2) is 0 Å². The van der Waals surface area contributed by atoms with E-state index >= 15 is 0 Å². The molecule has 1 aromatic rings. The second-order valence-electron chi connectivity index (χ2n) is 4.40. The number of methoxy groups -OCH3 is 1. The van der Waals surface area contributed by atoms with E-state index < -0.39 is 10.8 Å². The summed E-state index contributed by atoms with van der Waals surface area (Å²) in [7, 11) is 0.709. The maximum absolute atomic E-state index is 12.1. The molecule has 0 aliphatic rings. The van der Waals surface area contributed by atoms with E-state index in [0.717, 1.165) is 23.8 Å². The number of aliphatic imine (C=N–C) groups is 1. The predicted octanol–water partition coefficient (Wildman–Crippen LogP) is 2.00. The van der Waals surface area contributed by atoms with Gasteiger partial charge in [-0.3, -0.25) is 9.20 Å². The van der Waals surface area contributed by atoms with E-state index in [1.54, 1.807) is 7.11 Å². The fourth-order valence-electron chi connectivity index (χ4n) is 1.69. The lowest BCUT2D eigenvalue weighted by Gasteiger charge is -2.11. The number of ether oxygens (including phenoxy) is 1. The smallest absolute Gasteiger partial charge is 0.191 e. The molecular weight excluding hydrogens is 413 g/mol. The highest BCUT2D eigenvalue weighted by Gasteiger charge is 2.03. The van der Waals surface area contributed by atoms with Gasteiger partial charge in [0.15, 0.2) is 5.96 Å². The highest BCUT2D eigenvalue weighted by atomic mass is 127. The molecule has 0 radical (unpaired) electrons. The minimum absolute atomic E-state index is 0. The number of hydrogen-bond acceptors (Lipinski definition) is 3. The Balaban J connectivity index is 0.00000441. The van der Waals surface area contributed by atoms with Crippen molar-refractivity contribution in [1.29, 1.82) is 0 Å². The molecule has 0 bridgehead atoms. The zero-order valence-electron chi connectivity index (χ0n) is 13.2. The van der Waals surface area contributed by atoms with Gasteiger partial charge in [-0.15, -0.1) is 24.0 Å². The van der Waals surface area contributed by atoms with Crippen LogP contribution in [0.5, 0.6) is 0 Å². The highest BCUT2D eigenvalue weighted by molar-refractivity contribution is 14.0. The Morgan fingerprint density at radius 3 is 2.64 bits per heavy atom. The fourth-order valence-corrected chi connectivity index (χ4v) is 2.68. The van der Waals surface area contributed by atoms with E-state index in [9.17, 15) is 4.21 Å². The molecule has 0 amide bonds. The number of hydrogen-bond donors (Lipinski definition) is 2. The molecule has 1 aromatic carbocycles. The molecule has 0 heterocycles. The van der Waals surface area contributed by atoms with Gasteiger partial charge in [0, 0.05) is 44.0 Å². The van der Waals surface area contributed by atoms with Crippen molar-refractivity contribution in [2.75, 3.05) is 39.1 Å². The second-order valence-corrected chi connectivity index (χ2v) is 5.97. The zero-order valence-corrected chi connectivity index (χ0v) is 16.4. The molecule has 0 aromatic heterocycles. The predicted molar refractivity (Wildman–Crippen MR) is 104 cm³/mol. The molecule has 22 heavy (non-hydrogen) atoms. The van der Waals surface area contributed by atoms with Crippen molar-refractivity contribution < 1.29 is 8.95 Å². The molecule has 5 nitrogen and oxygen atoms in total. The standard InChI is InChI=1S/C15H25N3O2S.HI/c1-3-16-15(17-10-7-12-20-2)18-11-13-21(19)14-8-5-4-6-9-14;/h4-6,8-9H,3,7,10-13H2,1-2H3,(H2,16,17,18);1H. The molecule has 2 N–H and O–H groups in total. The van der Waals surface area contributed by atoms with Crippen LogP contribution in [0.25, 0.3) is 0 Å². The summed E-state index contributed by atoms with van der Waals surface area (Å²) in [6.45, 7) is 4.87. The largest absolute Gasteiger partial charge is 0.385 e. The number of rotatable bonds is 9. The first-order chi connectivity index (χ1) is 10.3. The molecule has 0 saturated carbocycles. The van der Waals surface area contributed by atoms with Gasteiger partial charge in [0.05, 0.1) is 10.8 Å². The number of nitrogens with one attached hydrogen (secondary N) is 2. The first-order valence-corrected chi connectivity index (χ1v) is 8.54. The molecule has 0 fully saturated rings. The van der Waals surface area contributed by atoms with E-state index in [1.165, 1.54) is 0 Å². The molecule has 1 rings (SSSR count). The molecule has 0 aliphatic heterocycles. The Bertz CT molecular complexity index is 444. The Morgan fingerprint density at radius 2 is 2.00 bits per heavy atom. The Morgan fingerprint density at radius 1 is 1.27 bits per heavy atom. The summed E-state index contributed by atoms with van der Waals surface area (Å²) in [6, 6.07) is 9.51. The lowest BCUT2D eigenvalue weighted by Crippen LogP contribution is -2.39. The van der Waals surface area contributed by atoms with Crippen molar-refractivity contribution in [1.82, 2.24) is 10.6 Å². The zero-order chi connectivity index (χ0) is 15.3. The Labute approximate surface area is 152 Å². The average molecular weight is 439 g/mol. The molecule has 7 heteroatoms. The van der Waals surface area contributed by atoms with Gasteiger partial charge in [0.2, 0.25) is 0 Å². The Hall–Kier alpha value is -0.670. The molecular formula is C15H26IN3O2S. The van der Waals surface area contributed by atoms with Crippen LogP contribution in [0, 0.1) is 0 Å². The summed E-state index contributed by atoms with van der Waals surface area (Å²) in [5.74, 6) is 1.32. The van der Waals surface area contributed by atoms with Gasteiger partial charge in [-0.2, -0.15) is 0 Å². The third kappa shape index (κ3) is 9.37. The van der Waals surface area contributed by atoms with Crippen molar-refractivity contribution >= 4 is 40.7 Å². The summed E-state index contributed by atoms with van der Waals surface area (Å²) in [4.78, 5) is 5.30. The average Bonchev–Trinajstić information content (AvgIpc) is 2.52. The molecule has 126 valence electrons. The summed E-state index contributed by atoms with van der Waals surface area (Å²) >= 11 is 0. The Kier molecular flexibility index (Phi) is 13.5. The normalized spacial score (nSPS) is 12.4. The van der Waals surface area contributed by atoms with Crippen LogP contribution in [0.15, 0.2) is 40.2 Å². The van der Waals surface area contributed by atoms with Crippen LogP contribution >= 0.6 is 24.0 Å². The molecule has 1 unspecified atom stereocenters.